The molecule has 19 heteroatoms. The van der Waals surface area contributed by atoms with Gasteiger partial charge in [0, 0.05) is 0 Å². The molecule has 3 rings (SSSR count). The molecule has 0 atom stereocenters. The zero-order valence-electron chi connectivity index (χ0n) is 15.2. The van der Waals surface area contributed by atoms with Crippen molar-refractivity contribution in [2.24, 2.45) is 0 Å². The van der Waals surface area contributed by atoms with Gasteiger partial charge in [-0.05, 0) is 0 Å². The summed E-state index contributed by atoms with van der Waals surface area (Å²) in [5, 5.41) is 0. The van der Waals surface area contributed by atoms with Gasteiger partial charge in [0.2, 0.25) is 52.2 Å². The van der Waals surface area contributed by atoms with Crippen LogP contribution in [0.25, 0.3) is 0 Å². The van der Waals surface area contributed by atoms with Gasteiger partial charge in [0.15, 0.2) is 0 Å². The van der Waals surface area contributed by atoms with Crippen molar-refractivity contribution in [2.75, 3.05) is 0 Å². The van der Waals surface area contributed by atoms with E-state index in [0.29, 0.717) is 0 Å². The summed E-state index contributed by atoms with van der Waals surface area (Å²) < 4.78 is 174. The van der Waals surface area contributed by atoms with Crippen LogP contribution < -0.4 is 14.0 Å². The Morgan fingerprint density at radius 3 is 0.824 bits per heavy atom. The molecule has 0 spiro atoms. The van der Waals surface area contributed by atoms with Crippen LogP contribution in [0.2, 0.25) is 0 Å². The van der Waals surface area contributed by atoms with E-state index in [0.717, 1.165) is 0 Å². The summed E-state index contributed by atoms with van der Waals surface area (Å²) in [4.78, 5) is 6.59. The van der Waals surface area contributed by atoms with Crippen molar-refractivity contribution in [3.05, 3.63) is 70.6 Å². The minimum Gasteiger partial charge on any atom is -0.483 e. The van der Waals surface area contributed by atoms with E-state index in [2.05, 4.69) is 28.9 Å². The van der Waals surface area contributed by atoms with Crippen LogP contribution in [0.4, 0.5) is 52.7 Å². The van der Waals surface area contributed by atoms with Gasteiger partial charge in [0.1, 0.15) is 0 Å². The summed E-state index contributed by atoms with van der Waals surface area (Å²) in [7, 11) is -3.36. The van der Waals surface area contributed by atoms with Crippen molar-refractivity contribution in [3.63, 3.8) is 0 Å². The van der Waals surface area contributed by atoms with Crippen LogP contribution in [-0.4, -0.2) is 22.3 Å². The van der Waals surface area contributed by atoms with Gasteiger partial charge < -0.3 is 14.0 Å². The maximum atomic E-state index is 13.8. The molecular formula is C15BF12N3O3. The van der Waals surface area contributed by atoms with Crippen LogP contribution in [0, 0.1) is 70.6 Å². The second-order valence-corrected chi connectivity index (χ2v) is 5.59. The van der Waals surface area contributed by atoms with Crippen LogP contribution in [0.15, 0.2) is 0 Å². The molecule has 0 aromatic carbocycles. The highest BCUT2D eigenvalue weighted by Gasteiger charge is 2.40. The Morgan fingerprint density at radius 1 is 0.353 bits per heavy atom. The molecule has 34 heavy (non-hydrogen) atoms. The topological polar surface area (TPSA) is 66.4 Å². The van der Waals surface area contributed by atoms with E-state index >= 15 is 0 Å². The molecule has 180 valence electrons. The van der Waals surface area contributed by atoms with Gasteiger partial charge >= 0.3 is 7.32 Å². The molecule has 6 nitrogen and oxygen atoms in total. The average molecular weight is 509 g/mol. The monoisotopic (exact) mass is 509 g/mol. The zero-order chi connectivity index (χ0) is 25.5. The number of pyridine rings is 3. The summed E-state index contributed by atoms with van der Waals surface area (Å²) in [5.74, 6) is -35.6. The summed E-state index contributed by atoms with van der Waals surface area (Å²) in [6.45, 7) is 0. The highest BCUT2D eigenvalue weighted by Crippen LogP contribution is 2.30. The number of halogens is 12. The molecule has 0 aliphatic rings. The lowest BCUT2D eigenvalue weighted by molar-refractivity contribution is 0.248. The lowest BCUT2D eigenvalue weighted by Gasteiger charge is -2.18. The molecular weight excluding hydrogens is 509 g/mol. The summed E-state index contributed by atoms with van der Waals surface area (Å²) in [6.07, 6.45) is 0. The number of nitrogens with zero attached hydrogens (tertiary/aromatic N) is 3. The predicted octanol–water partition coefficient (Wildman–Crippen LogP) is 4.06. The van der Waals surface area contributed by atoms with Crippen LogP contribution >= 0.6 is 0 Å². The predicted molar refractivity (Wildman–Crippen MR) is 79.8 cm³/mol. The van der Waals surface area contributed by atoms with Gasteiger partial charge in [-0.3, -0.25) is 0 Å². The largest absolute Gasteiger partial charge is 0.864 e. The first kappa shape index (κ1) is 24.7. The molecule has 3 aromatic heterocycles. The molecule has 0 amide bonds. The molecule has 3 heterocycles. The van der Waals surface area contributed by atoms with E-state index in [1.165, 1.54) is 0 Å². The fourth-order valence-electron chi connectivity index (χ4n) is 2.06. The van der Waals surface area contributed by atoms with Gasteiger partial charge in [0.05, 0.1) is 0 Å². The molecule has 0 aliphatic carbocycles. The van der Waals surface area contributed by atoms with Gasteiger partial charge in [-0.15, -0.1) is 0 Å². The van der Waals surface area contributed by atoms with E-state index in [9.17, 15) is 52.7 Å². The molecule has 0 N–H and O–H groups in total. The fourth-order valence-corrected chi connectivity index (χ4v) is 2.06. The number of hydrogen-bond donors (Lipinski definition) is 0. The van der Waals surface area contributed by atoms with E-state index in [4.69, 9.17) is 0 Å². The normalized spacial score (nSPS) is 10.9. The molecule has 0 saturated carbocycles. The first-order valence-corrected chi connectivity index (χ1v) is 7.93. The van der Waals surface area contributed by atoms with Crippen molar-refractivity contribution in [2.45, 2.75) is 0 Å². The van der Waals surface area contributed by atoms with Gasteiger partial charge in [0.25, 0.3) is 35.7 Å². The number of aromatic nitrogens is 3. The van der Waals surface area contributed by atoms with E-state index in [1.54, 1.807) is 0 Å². The maximum absolute atomic E-state index is 13.8. The Balaban J connectivity index is 2.12. The quantitative estimate of drug-likeness (QED) is 0.284. The molecule has 0 unspecified atom stereocenters. The van der Waals surface area contributed by atoms with E-state index < -0.39 is 95.2 Å². The minimum absolute atomic E-state index is 2.11. The van der Waals surface area contributed by atoms with Gasteiger partial charge in [-0.25, -0.2) is 0 Å². The smallest absolute Gasteiger partial charge is 0.483 e. The van der Waals surface area contributed by atoms with Crippen LogP contribution in [-0.2, 0) is 0 Å². The Labute approximate surface area is 177 Å². The Bertz CT molecular complexity index is 1140. The average Bonchev–Trinajstić information content (AvgIpc) is 2.77. The second-order valence-electron chi connectivity index (χ2n) is 5.59. The number of rotatable bonds is 6. The molecule has 3 aromatic rings. The summed E-state index contributed by atoms with van der Waals surface area (Å²) >= 11 is 0. The van der Waals surface area contributed by atoms with Crippen molar-refractivity contribution < 1.29 is 66.6 Å². The van der Waals surface area contributed by atoms with Crippen LogP contribution in [0.1, 0.15) is 0 Å². The zero-order valence-corrected chi connectivity index (χ0v) is 15.2. The van der Waals surface area contributed by atoms with Crippen molar-refractivity contribution in [3.8, 4) is 17.2 Å². The van der Waals surface area contributed by atoms with Crippen LogP contribution in [0.3, 0.4) is 0 Å². The summed E-state index contributed by atoms with van der Waals surface area (Å²) in [5.41, 5.74) is 0. The van der Waals surface area contributed by atoms with E-state index in [1.807, 2.05) is 0 Å². The first-order chi connectivity index (χ1) is 15.8. The molecule has 0 radical (unpaired) electrons. The fraction of sp³-hybridized carbons (Fsp3) is 0. The summed E-state index contributed by atoms with van der Waals surface area (Å²) in [6, 6.07) is 0. The SMILES string of the molecule is Fc1nc(F)c(OB(Oc2c(F)nc(F)c(F)c2F)Oc2c(F)nc(F)c(F)c2F)c(F)c1F. The highest BCUT2D eigenvalue weighted by atomic mass is 19.2. The molecule has 0 fully saturated rings. The third-order valence-electron chi connectivity index (χ3n) is 3.51. The third kappa shape index (κ3) is 4.44. The Hall–Kier alpha value is -3.93. The third-order valence-corrected chi connectivity index (χ3v) is 3.51. The van der Waals surface area contributed by atoms with Crippen molar-refractivity contribution in [1.29, 1.82) is 0 Å². The van der Waals surface area contributed by atoms with Gasteiger partial charge in [-0.1, -0.05) is 0 Å². The minimum atomic E-state index is -3.36. The molecule has 0 saturated heterocycles. The van der Waals surface area contributed by atoms with Crippen LogP contribution in [0.5, 0.6) is 17.2 Å². The van der Waals surface area contributed by atoms with Crippen molar-refractivity contribution >= 4 is 7.32 Å². The molecule has 0 bridgehead atoms. The number of hydrogen-bond acceptors (Lipinski definition) is 6. The first-order valence-electron chi connectivity index (χ1n) is 7.93. The maximum Gasteiger partial charge on any atom is 0.864 e. The van der Waals surface area contributed by atoms with Gasteiger partial charge in [-0.2, -0.15) is 67.6 Å². The Morgan fingerprint density at radius 2 is 0.588 bits per heavy atom. The highest BCUT2D eigenvalue weighted by molar-refractivity contribution is 6.39. The second kappa shape index (κ2) is 9.14. The molecule has 0 aliphatic heterocycles. The van der Waals surface area contributed by atoms with Crippen molar-refractivity contribution in [1.82, 2.24) is 15.0 Å². The van der Waals surface area contributed by atoms with E-state index in [-0.39, 0.29) is 0 Å². The standard InChI is InChI=1S/C15BF12N3O3/c17-1-4(20)10(23)29-13(26)7(1)32-16(33-8-2(18)5(21)11(24)30-14(8)27)34-9-3(19)6(22)12(25)31-15(9)28. The lowest BCUT2D eigenvalue weighted by Crippen LogP contribution is -2.39. The lowest BCUT2D eigenvalue weighted by atomic mass is 10.2. The Kier molecular flexibility index (Phi) is 6.64.